The third kappa shape index (κ3) is 20.2. The number of carbonyl (C=O) groups is 4. The minimum atomic E-state index is -0.992. The summed E-state index contributed by atoms with van der Waals surface area (Å²) in [7, 11) is 0. The highest BCUT2D eigenvalue weighted by Gasteiger charge is 2.17. The van der Waals surface area contributed by atoms with E-state index in [1.165, 1.54) is 0 Å². The molecular weight excluding hydrogens is 524 g/mol. The molecule has 40 heavy (non-hydrogen) atoms. The first-order chi connectivity index (χ1) is 19.4. The van der Waals surface area contributed by atoms with Crippen LogP contribution in [0.25, 0.3) is 0 Å². The van der Waals surface area contributed by atoms with Gasteiger partial charge in [-0.2, -0.15) is 0 Å². The summed E-state index contributed by atoms with van der Waals surface area (Å²) in [6.07, 6.45) is 7.71. The van der Waals surface area contributed by atoms with Gasteiger partial charge in [-0.25, -0.2) is 4.98 Å². The Labute approximate surface area is 236 Å². The molecule has 0 fully saturated rings. The van der Waals surface area contributed by atoms with Gasteiger partial charge in [0, 0.05) is 37.9 Å². The predicted molar refractivity (Wildman–Crippen MR) is 146 cm³/mol. The van der Waals surface area contributed by atoms with Crippen molar-refractivity contribution in [1.82, 2.24) is 20.6 Å². The van der Waals surface area contributed by atoms with E-state index in [0.29, 0.717) is 84.5 Å². The Balaban J connectivity index is 1.94. The minimum Gasteiger partial charge on any atom is -0.480 e. The fourth-order valence-electron chi connectivity index (χ4n) is 3.50. The number of carboxylic acid groups (broad SMARTS) is 1. The van der Waals surface area contributed by atoms with Crippen molar-refractivity contribution in [2.45, 2.75) is 64.3 Å². The molecule has 1 aromatic heterocycles. The standard InChI is InChI=1S/C27H46N4O9/c1-2-11-37-13-16-40-20-26(34)29-10-12-38-14-15-39-19-24(33)6-4-3-5-7-25(27(35)36)30-18-23(32)9-8-22-17-28-21-31-22/h17,21,25,30H,2-16,18-20H2,1H3,(H,28,31)(H,29,34)(H,35,36)/t25-/m0/s1. The summed E-state index contributed by atoms with van der Waals surface area (Å²) < 4.78 is 21.1. The van der Waals surface area contributed by atoms with Crippen molar-refractivity contribution in [2.75, 3.05) is 65.9 Å². The van der Waals surface area contributed by atoms with Crippen molar-refractivity contribution < 1.29 is 43.2 Å². The van der Waals surface area contributed by atoms with E-state index in [1.54, 1.807) is 12.5 Å². The number of imidazole rings is 1. The number of H-pyrrole nitrogens is 1. The van der Waals surface area contributed by atoms with Gasteiger partial charge in [0.05, 0.1) is 45.9 Å². The largest absolute Gasteiger partial charge is 0.480 e. The molecule has 0 bridgehead atoms. The number of Topliss-reactive ketones (excluding diaryl/α,β-unsaturated/α-hetero) is 2. The van der Waals surface area contributed by atoms with Gasteiger partial charge in [0.25, 0.3) is 0 Å². The maximum Gasteiger partial charge on any atom is 0.320 e. The zero-order chi connectivity index (χ0) is 29.3. The average Bonchev–Trinajstić information content (AvgIpc) is 3.46. The quantitative estimate of drug-likeness (QED) is 0.106. The van der Waals surface area contributed by atoms with Crippen molar-refractivity contribution in [3.63, 3.8) is 0 Å². The lowest BCUT2D eigenvalue weighted by Gasteiger charge is -2.13. The Kier molecular flexibility index (Phi) is 21.3. The third-order valence-electron chi connectivity index (χ3n) is 5.68. The van der Waals surface area contributed by atoms with Crippen LogP contribution in [0, 0.1) is 0 Å². The molecule has 1 atom stereocenters. The predicted octanol–water partition coefficient (Wildman–Crippen LogP) is 1.07. The van der Waals surface area contributed by atoms with Crippen molar-refractivity contribution in [1.29, 1.82) is 0 Å². The Morgan fingerprint density at radius 3 is 2.33 bits per heavy atom. The molecule has 13 nitrogen and oxygen atoms in total. The van der Waals surface area contributed by atoms with Crippen molar-refractivity contribution in [2.24, 2.45) is 0 Å². The number of carbonyl (C=O) groups excluding carboxylic acids is 3. The van der Waals surface area contributed by atoms with E-state index in [9.17, 15) is 24.3 Å². The van der Waals surface area contributed by atoms with E-state index in [4.69, 9.17) is 18.9 Å². The van der Waals surface area contributed by atoms with Crippen LogP contribution in [-0.2, 0) is 44.5 Å². The van der Waals surface area contributed by atoms with Crippen LogP contribution in [0.3, 0.4) is 0 Å². The zero-order valence-electron chi connectivity index (χ0n) is 23.6. The highest BCUT2D eigenvalue weighted by atomic mass is 16.5. The van der Waals surface area contributed by atoms with E-state index in [1.807, 2.05) is 6.92 Å². The molecule has 0 aliphatic heterocycles. The number of carboxylic acids is 1. The van der Waals surface area contributed by atoms with Crippen LogP contribution in [0.15, 0.2) is 12.5 Å². The minimum absolute atomic E-state index is 0.000624. The molecule has 0 aliphatic rings. The number of rotatable bonds is 28. The average molecular weight is 571 g/mol. The van der Waals surface area contributed by atoms with Crippen molar-refractivity contribution >= 4 is 23.4 Å². The molecule has 1 aromatic rings. The molecule has 0 saturated carbocycles. The molecular formula is C27H46N4O9. The molecule has 0 saturated heterocycles. The molecule has 0 aliphatic carbocycles. The van der Waals surface area contributed by atoms with Gasteiger partial charge in [0.1, 0.15) is 25.0 Å². The van der Waals surface area contributed by atoms with Crippen LogP contribution in [0.1, 0.15) is 57.6 Å². The number of amides is 1. The van der Waals surface area contributed by atoms with Gasteiger partial charge in [-0.3, -0.25) is 24.5 Å². The molecule has 1 heterocycles. The number of aromatic nitrogens is 2. The highest BCUT2D eigenvalue weighted by Crippen LogP contribution is 2.07. The molecule has 4 N–H and O–H groups in total. The van der Waals surface area contributed by atoms with Gasteiger partial charge in [0.2, 0.25) is 5.91 Å². The fraction of sp³-hybridized carbons (Fsp3) is 0.741. The first-order valence-electron chi connectivity index (χ1n) is 14.0. The monoisotopic (exact) mass is 570 g/mol. The molecule has 0 spiro atoms. The molecule has 228 valence electrons. The number of aryl methyl sites for hydroxylation is 1. The second-order valence-corrected chi connectivity index (χ2v) is 9.21. The third-order valence-corrected chi connectivity index (χ3v) is 5.68. The number of nitrogens with one attached hydrogen (secondary N) is 3. The number of ether oxygens (including phenoxy) is 4. The van der Waals surface area contributed by atoms with Crippen LogP contribution < -0.4 is 10.6 Å². The molecule has 1 rings (SSSR count). The van der Waals surface area contributed by atoms with Gasteiger partial charge >= 0.3 is 5.97 Å². The summed E-state index contributed by atoms with van der Waals surface area (Å²) in [5, 5.41) is 14.9. The van der Waals surface area contributed by atoms with Gasteiger partial charge in [-0.1, -0.05) is 19.8 Å². The maximum atomic E-state index is 12.0. The molecule has 0 radical (unpaired) electrons. The van der Waals surface area contributed by atoms with Crippen LogP contribution in [0.5, 0.6) is 0 Å². The van der Waals surface area contributed by atoms with Crippen LogP contribution in [0.2, 0.25) is 0 Å². The zero-order valence-corrected chi connectivity index (χ0v) is 23.6. The topological polar surface area (TPSA) is 178 Å². The normalized spacial score (nSPS) is 11.8. The summed E-state index contributed by atoms with van der Waals surface area (Å²) in [4.78, 5) is 53.9. The molecule has 0 unspecified atom stereocenters. The summed E-state index contributed by atoms with van der Waals surface area (Å²) in [5.41, 5.74) is 0.862. The molecule has 13 heteroatoms. The first kappa shape index (κ1) is 35.3. The van der Waals surface area contributed by atoms with Gasteiger partial charge in [-0.15, -0.1) is 0 Å². The lowest BCUT2D eigenvalue weighted by molar-refractivity contribution is -0.139. The number of ketones is 2. The number of aromatic amines is 1. The van der Waals surface area contributed by atoms with Crippen LogP contribution in [-0.4, -0.2) is 111 Å². The second-order valence-electron chi connectivity index (χ2n) is 9.21. The lowest BCUT2D eigenvalue weighted by atomic mass is 10.1. The van der Waals surface area contributed by atoms with E-state index < -0.39 is 12.0 Å². The SMILES string of the molecule is CCCOCCOCC(=O)NCCOCCOCC(=O)CCCCC[C@H](NCC(=O)CCc1cnc[nH]1)C(=O)O. The van der Waals surface area contributed by atoms with E-state index in [-0.39, 0.29) is 43.8 Å². The first-order valence-corrected chi connectivity index (χ1v) is 14.0. The van der Waals surface area contributed by atoms with Crippen LogP contribution in [0.4, 0.5) is 0 Å². The summed E-state index contributed by atoms with van der Waals surface area (Å²) >= 11 is 0. The van der Waals surface area contributed by atoms with Crippen molar-refractivity contribution in [3.05, 3.63) is 18.2 Å². The fourth-order valence-corrected chi connectivity index (χ4v) is 3.50. The Morgan fingerprint density at radius 1 is 0.900 bits per heavy atom. The number of unbranched alkanes of at least 4 members (excludes halogenated alkanes) is 2. The van der Waals surface area contributed by atoms with Crippen molar-refractivity contribution in [3.8, 4) is 0 Å². The second kappa shape index (κ2) is 24.1. The summed E-state index contributed by atoms with van der Waals surface area (Å²) in [6.45, 7) is 4.79. The Hall–Kier alpha value is -2.71. The van der Waals surface area contributed by atoms with Gasteiger partial charge in [-0.05, 0) is 25.7 Å². The number of hydrogen-bond acceptors (Lipinski definition) is 10. The van der Waals surface area contributed by atoms with Gasteiger partial charge in [0.15, 0.2) is 5.78 Å². The Bertz CT molecular complexity index is 821. The van der Waals surface area contributed by atoms with E-state index in [2.05, 4.69) is 20.6 Å². The Morgan fingerprint density at radius 2 is 1.62 bits per heavy atom. The summed E-state index contributed by atoms with van der Waals surface area (Å²) in [5.74, 6) is -1.30. The van der Waals surface area contributed by atoms with E-state index >= 15 is 0 Å². The lowest BCUT2D eigenvalue weighted by Crippen LogP contribution is -2.39. The molecule has 0 aromatic carbocycles. The smallest absolute Gasteiger partial charge is 0.320 e. The maximum absolute atomic E-state index is 12.0. The van der Waals surface area contributed by atoms with Gasteiger partial charge < -0.3 is 34.4 Å². The molecule has 1 amide bonds. The number of aliphatic carboxylic acids is 1. The highest BCUT2D eigenvalue weighted by molar-refractivity contribution is 5.82. The number of hydrogen-bond donors (Lipinski definition) is 4. The van der Waals surface area contributed by atoms with E-state index in [0.717, 1.165) is 12.1 Å². The summed E-state index contributed by atoms with van der Waals surface area (Å²) in [6, 6.07) is -0.799. The van der Waals surface area contributed by atoms with Crippen LogP contribution >= 0.6 is 0 Å². The number of nitrogens with zero attached hydrogens (tertiary/aromatic N) is 1.